The number of rotatable bonds is 0. The molecule has 0 atom stereocenters. The molecule has 0 unspecified atom stereocenters. The van der Waals surface area contributed by atoms with E-state index >= 15 is 0 Å². The molecule has 0 heterocycles. The van der Waals surface area contributed by atoms with Gasteiger partial charge in [-0.1, -0.05) is 0 Å². The van der Waals surface area contributed by atoms with Crippen molar-refractivity contribution in [2.75, 3.05) is 0 Å². The normalized spacial score (nSPS) is 3.86. The van der Waals surface area contributed by atoms with Gasteiger partial charge in [-0.2, -0.15) is 0 Å². The van der Waals surface area contributed by atoms with Gasteiger partial charge in [0.05, 0.1) is 0 Å². The molecule has 0 aromatic rings. The number of hydrogen-bond acceptors (Lipinski definition) is 18. The summed E-state index contributed by atoms with van der Waals surface area (Å²) >= 11 is 0. The maximum Gasteiger partial charge on any atom is 1.00 e. The summed E-state index contributed by atoms with van der Waals surface area (Å²) in [6, 6.07) is 0. The molecule has 0 N–H and O–H groups in total. The van der Waals surface area contributed by atoms with Crippen LogP contribution in [0.4, 0.5) is 0 Å². The van der Waals surface area contributed by atoms with Gasteiger partial charge < -0.3 is 90.4 Å². The van der Waals surface area contributed by atoms with E-state index in [9.17, 15) is 0 Å². The Balaban J connectivity index is -0.00000000388. The molecule has 0 spiro atoms. The Bertz CT molecular complexity index is 136. The second-order valence-corrected chi connectivity index (χ2v) is 1.73. The third kappa shape index (κ3) is 1130. The van der Waals surface area contributed by atoms with Gasteiger partial charge in [0, 0.05) is 0 Å². The molecule has 18 nitrogen and oxygen atoms in total. The monoisotopic (exact) mass is 480 g/mol. The average molecular weight is 478 g/mol. The molecule has 0 fully saturated rings. The van der Waals surface area contributed by atoms with Crippen molar-refractivity contribution in [1.82, 2.24) is 0 Å². The van der Waals surface area contributed by atoms with Crippen molar-refractivity contribution in [3.8, 4) is 0 Å². The second kappa shape index (κ2) is 162. The predicted molar refractivity (Wildman–Crippen MR) is 34.5 cm³/mol. The standard InChI is InChI=1S/6BO3.18Li/c6*2-1(3)4;;;;;;;;;;;;;;;;;;/q6*-3;18*+1. The molecule has 0 aromatic carbocycles. The zero-order valence-electron chi connectivity index (χ0n) is 28.8. The summed E-state index contributed by atoms with van der Waals surface area (Å²) in [6.45, 7) is 0. The van der Waals surface area contributed by atoms with E-state index in [0.717, 1.165) is 0 Å². The van der Waals surface area contributed by atoms with Gasteiger partial charge in [0.25, 0.3) is 0 Å². The summed E-state index contributed by atoms with van der Waals surface area (Å²) in [7, 11) is -17.5. The van der Waals surface area contributed by atoms with Crippen molar-refractivity contribution in [3.05, 3.63) is 0 Å². The molecule has 0 aliphatic carbocycles. The SMILES string of the molecule is [Li+].[Li+].[Li+].[Li+].[Li+].[Li+].[Li+].[Li+].[Li+].[Li+].[Li+].[Li+].[Li+].[Li+].[Li+].[Li+].[Li+].[Li+].[O-]B([O-])[O-].[O-]B([O-])[O-].[O-]B([O-])[O-].[O-]B([O-])[O-].[O-]B([O-])[O-].[O-]B([O-])[O-]. The molecule has 0 saturated heterocycles. The maximum atomic E-state index is 8.42. The number of hydrogen-bond donors (Lipinski definition) is 0. The van der Waals surface area contributed by atoms with Crippen LogP contribution in [0.15, 0.2) is 0 Å². The minimum absolute atomic E-state index is 0. The van der Waals surface area contributed by atoms with Crippen LogP contribution < -0.4 is 430 Å². The quantitative estimate of drug-likeness (QED) is 0.291. The fourth-order valence-corrected chi connectivity index (χ4v) is 0. The van der Waals surface area contributed by atoms with E-state index in [2.05, 4.69) is 0 Å². The molecule has 0 radical (unpaired) electrons. The van der Waals surface area contributed by atoms with E-state index < -0.39 is 43.9 Å². The molecular weight excluding hydrogens is 478 g/mol. The van der Waals surface area contributed by atoms with Crippen molar-refractivity contribution >= 4 is 43.9 Å². The summed E-state index contributed by atoms with van der Waals surface area (Å²) in [5.41, 5.74) is 0. The summed E-state index contributed by atoms with van der Waals surface area (Å²) < 4.78 is 0. The van der Waals surface area contributed by atoms with Crippen LogP contribution in [0.25, 0.3) is 0 Å². The van der Waals surface area contributed by atoms with E-state index in [1.165, 1.54) is 0 Å². The fourth-order valence-electron chi connectivity index (χ4n) is 0. The molecule has 0 aliphatic rings. The first-order chi connectivity index (χ1) is 10.4. The zero-order chi connectivity index (χ0) is 21.5. The molecule has 144 valence electrons. The van der Waals surface area contributed by atoms with Crippen LogP contribution in [0.5, 0.6) is 0 Å². The first-order valence-electron chi connectivity index (χ1n) is 4.24. The van der Waals surface area contributed by atoms with E-state index in [0.29, 0.717) is 0 Å². The Labute approximate surface area is 465 Å². The van der Waals surface area contributed by atoms with Gasteiger partial charge in [0.2, 0.25) is 0 Å². The average Bonchev–Trinajstić information content (AvgIpc) is 2.08. The van der Waals surface area contributed by atoms with Crippen molar-refractivity contribution < 1.29 is 430 Å². The molecule has 0 aliphatic heterocycles. The van der Waals surface area contributed by atoms with Gasteiger partial charge in [0.15, 0.2) is 0 Å². The second-order valence-electron chi connectivity index (χ2n) is 1.73. The topological polar surface area (TPSA) is 415 Å². The Kier molecular flexibility index (Phi) is 661. The maximum absolute atomic E-state index is 8.42. The van der Waals surface area contributed by atoms with Crippen LogP contribution in [0, 0.1) is 0 Å². The fraction of sp³-hybridized carbons (Fsp3) is 0. The molecule has 0 saturated carbocycles. The van der Waals surface area contributed by atoms with Crippen molar-refractivity contribution in [2.45, 2.75) is 0 Å². The molecular formula is B6Li18O18. The Hall–Kier alpha value is 10.4. The van der Waals surface area contributed by atoms with Gasteiger partial charge in [-0.15, -0.1) is 0 Å². The molecule has 0 bridgehead atoms. The third-order valence-electron chi connectivity index (χ3n) is 0. The first-order valence-corrected chi connectivity index (χ1v) is 4.24. The smallest absolute Gasteiger partial charge is 0.907 e. The van der Waals surface area contributed by atoms with Crippen LogP contribution in [0.2, 0.25) is 0 Å². The summed E-state index contributed by atoms with van der Waals surface area (Å²) in [5, 5.41) is 152. The minimum atomic E-state index is -2.92. The molecule has 42 heteroatoms. The van der Waals surface area contributed by atoms with Gasteiger partial charge in [-0.3, -0.25) is 43.9 Å². The molecule has 0 rings (SSSR count). The third-order valence-corrected chi connectivity index (χ3v) is 0. The van der Waals surface area contributed by atoms with Crippen molar-refractivity contribution in [2.24, 2.45) is 0 Å². The summed E-state index contributed by atoms with van der Waals surface area (Å²) in [4.78, 5) is 0. The van der Waals surface area contributed by atoms with E-state index in [1.807, 2.05) is 0 Å². The summed E-state index contributed by atoms with van der Waals surface area (Å²) in [5.74, 6) is 0. The van der Waals surface area contributed by atoms with E-state index in [4.69, 9.17) is 90.4 Å². The van der Waals surface area contributed by atoms with Crippen LogP contribution in [-0.4, -0.2) is 43.9 Å². The Morgan fingerprint density at radius 1 is 0.119 bits per heavy atom. The van der Waals surface area contributed by atoms with Crippen LogP contribution in [-0.2, 0) is 0 Å². The predicted octanol–water partition coefficient (Wildman–Crippen LogP) is -77.6. The molecule has 0 amide bonds. The van der Waals surface area contributed by atoms with Gasteiger partial charge in [-0.25, -0.2) is 0 Å². The first kappa shape index (κ1) is 172. The van der Waals surface area contributed by atoms with Crippen LogP contribution in [0.1, 0.15) is 0 Å². The summed E-state index contributed by atoms with van der Waals surface area (Å²) in [6.07, 6.45) is 0. The molecule has 42 heavy (non-hydrogen) atoms. The van der Waals surface area contributed by atoms with Gasteiger partial charge in [-0.05, 0) is 0 Å². The Morgan fingerprint density at radius 3 is 0.119 bits per heavy atom. The van der Waals surface area contributed by atoms with E-state index in [-0.39, 0.29) is 339 Å². The van der Waals surface area contributed by atoms with Crippen molar-refractivity contribution in [1.29, 1.82) is 0 Å². The van der Waals surface area contributed by atoms with Crippen LogP contribution in [0.3, 0.4) is 0 Å². The van der Waals surface area contributed by atoms with E-state index in [1.54, 1.807) is 0 Å². The van der Waals surface area contributed by atoms with Gasteiger partial charge in [0.1, 0.15) is 0 Å². The zero-order valence-corrected chi connectivity index (χ0v) is 28.8. The molecule has 0 aromatic heterocycles. The minimum Gasteiger partial charge on any atom is -0.907 e. The van der Waals surface area contributed by atoms with Crippen molar-refractivity contribution in [3.63, 3.8) is 0 Å². The van der Waals surface area contributed by atoms with Gasteiger partial charge >= 0.3 is 339 Å². The largest absolute Gasteiger partial charge is 1.00 e. The Morgan fingerprint density at radius 2 is 0.119 bits per heavy atom. The van der Waals surface area contributed by atoms with Crippen LogP contribution >= 0.6 is 0 Å².